The molecule has 0 heterocycles. The molecule has 0 aliphatic rings. The first-order valence-electron chi connectivity index (χ1n) is 13.4. The Balaban J connectivity index is 1.50. The second-order valence-corrected chi connectivity index (χ2v) is 10.2. The molecule has 0 saturated carbocycles. The summed E-state index contributed by atoms with van der Waals surface area (Å²) in [5, 5.41) is 17.9. The van der Waals surface area contributed by atoms with Gasteiger partial charge < -0.3 is 15.7 Å². The van der Waals surface area contributed by atoms with Crippen LogP contribution in [-0.4, -0.2) is 29.7 Å². The van der Waals surface area contributed by atoms with Gasteiger partial charge in [0, 0.05) is 13.1 Å². The number of aliphatic hydroxyl groups is 1. The fourth-order valence-corrected chi connectivity index (χ4v) is 4.77. The van der Waals surface area contributed by atoms with Gasteiger partial charge in [-0.1, -0.05) is 129 Å². The average Bonchev–Trinajstić information content (AvgIpc) is 2.94. The molecule has 0 fully saturated rings. The lowest BCUT2D eigenvalue weighted by molar-refractivity contribution is -0.123. The predicted octanol–water partition coefficient (Wildman–Crippen LogP) is 5.82. The van der Waals surface area contributed by atoms with Gasteiger partial charge in [0.25, 0.3) is 0 Å². The third-order valence-electron chi connectivity index (χ3n) is 6.92. The fourth-order valence-electron chi connectivity index (χ4n) is 4.77. The number of rotatable bonds is 12. The normalized spacial score (nSPS) is 12.9. The molecule has 0 aliphatic carbocycles. The molecule has 4 heteroatoms. The maximum absolute atomic E-state index is 13.8. The predicted molar refractivity (Wildman–Crippen MR) is 155 cm³/mol. The molecule has 38 heavy (non-hydrogen) atoms. The molecule has 1 amide bonds. The Hall–Kier alpha value is -3.73. The van der Waals surface area contributed by atoms with Gasteiger partial charge in [-0.05, 0) is 40.2 Å². The van der Waals surface area contributed by atoms with Crippen LogP contribution in [0.25, 0.3) is 0 Å². The SMILES string of the molecule is CC(C)c1cccc(CNC[C@H](O)[C@H](Cc2ccccc2)NC(=O)C(c2ccccc2)c2ccccc2)c1. The van der Waals surface area contributed by atoms with Crippen LogP contribution in [0.5, 0.6) is 0 Å². The summed E-state index contributed by atoms with van der Waals surface area (Å²) in [6.45, 7) is 5.39. The number of hydrogen-bond donors (Lipinski definition) is 3. The summed E-state index contributed by atoms with van der Waals surface area (Å²) in [6.07, 6.45) is -0.228. The zero-order valence-corrected chi connectivity index (χ0v) is 22.3. The highest BCUT2D eigenvalue weighted by molar-refractivity contribution is 5.87. The van der Waals surface area contributed by atoms with Gasteiger partial charge in [-0.2, -0.15) is 0 Å². The zero-order chi connectivity index (χ0) is 26.7. The van der Waals surface area contributed by atoms with Crippen LogP contribution in [0, 0.1) is 0 Å². The zero-order valence-electron chi connectivity index (χ0n) is 22.3. The molecule has 0 bridgehead atoms. The van der Waals surface area contributed by atoms with E-state index in [0.717, 1.165) is 16.7 Å². The van der Waals surface area contributed by atoms with E-state index in [1.54, 1.807) is 0 Å². The van der Waals surface area contributed by atoms with Gasteiger partial charge >= 0.3 is 0 Å². The van der Waals surface area contributed by atoms with E-state index in [1.807, 2.05) is 91.0 Å². The Labute approximate surface area is 226 Å². The van der Waals surface area contributed by atoms with Crippen LogP contribution in [-0.2, 0) is 17.8 Å². The van der Waals surface area contributed by atoms with E-state index in [0.29, 0.717) is 25.4 Å². The van der Waals surface area contributed by atoms with Crippen molar-refractivity contribution in [3.05, 3.63) is 143 Å². The van der Waals surface area contributed by atoms with E-state index < -0.39 is 18.1 Å². The van der Waals surface area contributed by atoms with E-state index in [-0.39, 0.29) is 5.91 Å². The molecule has 2 atom stereocenters. The molecule has 4 rings (SSSR count). The third kappa shape index (κ3) is 7.64. The first-order chi connectivity index (χ1) is 18.5. The quantitative estimate of drug-likeness (QED) is 0.227. The van der Waals surface area contributed by atoms with Crippen LogP contribution < -0.4 is 10.6 Å². The largest absolute Gasteiger partial charge is 0.390 e. The maximum atomic E-state index is 13.8. The highest BCUT2D eigenvalue weighted by Gasteiger charge is 2.28. The Morgan fingerprint density at radius 3 is 1.82 bits per heavy atom. The minimum Gasteiger partial charge on any atom is -0.390 e. The van der Waals surface area contributed by atoms with Crippen LogP contribution in [0.15, 0.2) is 115 Å². The standard InChI is InChI=1S/C34H38N2O2/c1-25(2)30-20-12-15-27(21-30)23-35-24-32(37)31(22-26-13-6-3-7-14-26)36-34(38)33(28-16-8-4-9-17-28)29-18-10-5-11-19-29/h3-21,25,31-33,35,37H,22-24H2,1-2H3,(H,36,38)/t31-,32-/m0/s1. The fraction of sp³-hybridized carbons (Fsp3) is 0.265. The summed E-state index contributed by atoms with van der Waals surface area (Å²) in [6, 6.07) is 37.7. The number of amides is 1. The van der Waals surface area contributed by atoms with Gasteiger partial charge in [-0.15, -0.1) is 0 Å². The second kappa shape index (κ2) is 13.7. The van der Waals surface area contributed by atoms with Crippen LogP contribution in [0.2, 0.25) is 0 Å². The van der Waals surface area contributed by atoms with E-state index in [2.05, 4.69) is 48.7 Å². The van der Waals surface area contributed by atoms with E-state index in [1.165, 1.54) is 11.1 Å². The lowest BCUT2D eigenvalue weighted by Gasteiger charge is -2.27. The van der Waals surface area contributed by atoms with Gasteiger partial charge in [0.1, 0.15) is 0 Å². The van der Waals surface area contributed by atoms with Crippen molar-refractivity contribution in [2.45, 2.75) is 50.8 Å². The smallest absolute Gasteiger partial charge is 0.232 e. The minimum atomic E-state index is -0.764. The molecule has 4 nitrogen and oxygen atoms in total. The minimum absolute atomic E-state index is 0.119. The molecule has 0 aliphatic heterocycles. The molecule has 0 unspecified atom stereocenters. The number of benzene rings is 4. The van der Waals surface area contributed by atoms with Crippen molar-refractivity contribution < 1.29 is 9.90 Å². The second-order valence-electron chi connectivity index (χ2n) is 10.2. The molecule has 4 aromatic carbocycles. The van der Waals surface area contributed by atoms with Crippen LogP contribution in [0.3, 0.4) is 0 Å². The number of aliphatic hydroxyl groups excluding tert-OH is 1. The molecule has 0 radical (unpaired) electrons. The van der Waals surface area contributed by atoms with E-state index in [9.17, 15) is 9.90 Å². The number of carbonyl (C=O) groups is 1. The molecule has 0 saturated heterocycles. The topological polar surface area (TPSA) is 61.4 Å². The van der Waals surface area contributed by atoms with Crippen molar-refractivity contribution in [2.24, 2.45) is 0 Å². The molecule has 0 aromatic heterocycles. The summed E-state index contributed by atoms with van der Waals surface area (Å²) in [5.41, 5.74) is 5.39. The molecular formula is C34H38N2O2. The van der Waals surface area contributed by atoms with Crippen molar-refractivity contribution in [3.8, 4) is 0 Å². The molecular weight excluding hydrogens is 468 g/mol. The molecule has 3 N–H and O–H groups in total. The van der Waals surface area contributed by atoms with Gasteiger partial charge in [0.15, 0.2) is 0 Å². The molecule has 4 aromatic rings. The summed E-state index contributed by atoms with van der Waals surface area (Å²) in [5.74, 6) is -0.116. The maximum Gasteiger partial charge on any atom is 0.232 e. The average molecular weight is 507 g/mol. The van der Waals surface area contributed by atoms with Gasteiger partial charge in [-0.25, -0.2) is 0 Å². The van der Waals surface area contributed by atoms with Crippen molar-refractivity contribution in [2.75, 3.05) is 6.54 Å². The lowest BCUT2D eigenvalue weighted by atomic mass is 9.89. The molecule has 0 spiro atoms. The summed E-state index contributed by atoms with van der Waals surface area (Å²) < 4.78 is 0. The highest BCUT2D eigenvalue weighted by atomic mass is 16.3. The van der Waals surface area contributed by atoms with Gasteiger partial charge in [0.2, 0.25) is 5.91 Å². The Morgan fingerprint density at radius 1 is 0.711 bits per heavy atom. The van der Waals surface area contributed by atoms with Gasteiger partial charge in [-0.3, -0.25) is 4.79 Å². The van der Waals surface area contributed by atoms with Crippen LogP contribution in [0.1, 0.15) is 53.5 Å². The number of carbonyl (C=O) groups excluding carboxylic acids is 1. The lowest BCUT2D eigenvalue weighted by Crippen LogP contribution is -2.50. The number of nitrogens with one attached hydrogen (secondary N) is 2. The highest BCUT2D eigenvalue weighted by Crippen LogP contribution is 2.25. The third-order valence-corrected chi connectivity index (χ3v) is 6.92. The van der Waals surface area contributed by atoms with Crippen molar-refractivity contribution in [1.82, 2.24) is 10.6 Å². The summed E-state index contributed by atoms with van der Waals surface area (Å²) in [4.78, 5) is 13.8. The van der Waals surface area contributed by atoms with Crippen molar-refractivity contribution in [1.29, 1.82) is 0 Å². The summed E-state index contributed by atoms with van der Waals surface area (Å²) in [7, 11) is 0. The Morgan fingerprint density at radius 2 is 1.24 bits per heavy atom. The molecule has 196 valence electrons. The van der Waals surface area contributed by atoms with Crippen LogP contribution in [0.4, 0.5) is 0 Å². The summed E-state index contributed by atoms with van der Waals surface area (Å²) >= 11 is 0. The van der Waals surface area contributed by atoms with Gasteiger partial charge in [0.05, 0.1) is 18.1 Å². The van der Waals surface area contributed by atoms with Crippen molar-refractivity contribution >= 4 is 5.91 Å². The van der Waals surface area contributed by atoms with E-state index >= 15 is 0 Å². The first-order valence-corrected chi connectivity index (χ1v) is 13.4. The Bertz CT molecular complexity index is 1220. The first kappa shape index (κ1) is 27.3. The number of hydrogen-bond acceptors (Lipinski definition) is 3. The Kier molecular flexibility index (Phi) is 9.85. The van der Waals surface area contributed by atoms with E-state index in [4.69, 9.17) is 0 Å². The van der Waals surface area contributed by atoms with Crippen LogP contribution >= 0.6 is 0 Å². The monoisotopic (exact) mass is 506 g/mol. The van der Waals surface area contributed by atoms with Crippen molar-refractivity contribution in [3.63, 3.8) is 0 Å².